The molecule has 1 aromatic heterocycles. The van der Waals surface area contributed by atoms with Crippen LogP contribution in [0.4, 0.5) is 0 Å². The molecule has 6 heteroatoms. The summed E-state index contributed by atoms with van der Waals surface area (Å²) in [5.41, 5.74) is 2.45. The minimum absolute atomic E-state index is 0.428. The van der Waals surface area contributed by atoms with Crippen molar-refractivity contribution in [3.8, 4) is 0 Å². The standard InChI is InChI=1S/C19H36N6/c1-8-20-19(21-11-17(23(4)5)15-9-10-15)24(6)12-16-13-25(7)22-18(16)14(2)3/h13-15,17H,8-12H2,1-7H3,(H,20,21). The first-order valence-electron chi connectivity index (χ1n) is 9.51. The molecule has 6 nitrogen and oxygen atoms in total. The molecule has 0 aromatic carbocycles. The number of guanidine groups is 1. The van der Waals surface area contributed by atoms with Crippen LogP contribution in [-0.4, -0.2) is 65.8 Å². The highest BCUT2D eigenvalue weighted by molar-refractivity contribution is 5.79. The number of rotatable bonds is 8. The number of likely N-dealkylation sites (N-methyl/N-ethyl adjacent to an activating group) is 1. The number of nitrogens with zero attached hydrogens (tertiary/aromatic N) is 5. The third kappa shape index (κ3) is 5.46. The average Bonchev–Trinajstić information content (AvgIpc) is 3.29. The molecule has 0 aliphatic heterocycles. The Morgan fingerprint density at radius 3 is 2.56 bits per heavy atom. The van der Waals surface area contributed by atoms with Crippen molar-refractivity contribution in [1.29, 1.82) is 0 Å². The molecule has 0 bridgehead atoms. The van der Waals surface area contributed by atoms with Crippen LogP contribution >= 0.6 is 0 Å². The summed E-state index contributed by atoms with van der Waals surface area (Å²) >= 11 is 0. The molecular weight excluding hydrogens is 312 g/mol. The molecule has 2 rings (SSSR count). The molecule has 0 saturated heterocycles. The molecule has 1 atom stereocenters. The van der Waals surface area contributed by atoms with E-state index in [1.165, 1.54) is 24.1 Å². The molecule has 1 aliphatic carbocycles. The summed E-state index contributed by atoms with van der Waals surface area (Å²) in [6.45, 7) is 9.07. The van der Waals surface area contributed by atoms with Gasteiger partial charge in [-0.2, -0.15) is 5.10 Å². The van der Waals surface area contributed by atoms with Crippen LogP contribution in [-0.2, 0) is 13.6 Å². The summed E-state index contributed by atoms with van der Waals surface area (Å²) in [4.78, 5) is 9.47. The summed E-state index contributed by atoms with van der Waals surface area (Å²) in [7, 11) is 8.44. The number of aromatic nitrogens is 2. The van der Waals surface area contributed by atoms with Crippen LogP contribution in [0.3, 0.4) is 0 Å². The number of nitrogens with one attached hydrogen (secondary N) is 1. The summed E-state index contributed by atoms with van der Waals surface area (Å²) in [6, 6.07) is 0.548. The second kappa shape index (κ2) is 8.70. The SMILES string of the molecule is CCNC(=NCC(C1CC1)N(C)C)N(C)Cc1cn(C)nc1C(C)C. The molecule has 0 radical (unpaired) electrons. The third-order valence-electron chi connectivity index (χ3n) is 4.85. The van der Waals surface area contributed by atoms with E-state index in [4.69, 9.17) is 4.99 Å². The number of aliphatic imine (C=N–C) groups is 1. The van der Waals surface area contributed by atoms with Gasteiger partial charge in [-0.05, 0) is 45.7 Å². The van der Waals surface area contributed by atoms with Crippen LogP contribution in [0.15, 0.2) is 11.2 Å². The predicted octanol–water partition coefficient (Wildman–Crippen LogP) is 2.28. The Bertz CT molecular complexity index is 568. The minimum Gasteiger partial charge on any atom is -0.357 e. The second-order valence-electron chi connectivity index (χ2n) is 7.79. The minimum atomic E-state index is 0.428. The van der Waals surface area contributed by atoms with E-state index in [-0.39, 0.29) is 0 Å². The van der Waals surface area contributed by atoms with Gasteiger partial charge in [0.25, 0.3) is 0 Å². The molecule has 1 saturated carbocycles. The summed E-state index contributed by atoms with van der Waals surface area (Å²) in [5, 5.41) is 8.06. The predicted molar refractivity (Wildman–Crippen MR) is 105 cm³/mol. The van der Waals surface area contributed by atoms with Crippen molar-refractivity contribution in [3.63, 3.8) is 0 Å². The van der Waals surface area contributed by atoms with Gasteiger partial charge in [-0.1, -0.05) is 13.8 Å². The monoisotopic (exact) mass is 348 g/mol. The zero-order chi connectivity index (χ0) is 18.6. The van der Waals surface area contributed by atoms with Crippen molar-refractivity contribution in [1.82, 2.24) is 24.9 Å². The molecule has 1 unspecified atom stereocenters. The first-order chi connectivity index (χ1) is 11.8. The Balaban J connectivity index is 2.09. The Labute approximate surface area is 153 Å². The number of hydrogen-bond donors (Lipinski definition) is 1. The number of hydrogen-bond acceptors (Lipinski definition) is 3. The van der Waals surface area contributed by atoms with Gasteiger partial charge in [0.2, 0.25) is 0 Å². The maximum atomic E-state index is 4.94. The highest BCUT2D eigenvalue weighted by atomic mass is 15.3. The van der Waals surface area contributed by atoms with Gasteiger partial charge in [0, 0.05) is 45.0 Å². The van der Waals surface area contributed by atoms with Gasteiger partial charge in [0.15, 0.2) is 5.96 Å². The van der Waals surface area contributed by atoms with E-state index < -0.39 is 0 Å². The first kappa shape index (κ1) is 19.8. The summed E-state index contributed by atoms with van der Waals surface area (Å²) < 4.78 is 1.91. The van der Waals surface area contributed by atoms with Crippen LogP contribution in [0.1, 0.15) is 50.8 Å². The van der Waals surface area contributed by atoms with E-state index in [0.717, 1.165) is 31.5 Å². The van der Waals surface area contributed by atoms with E-state index in [0.29, 0.717) is 12.0 Å². The lowest BCUT2D eigenvalue weighted by molar-refractivity contribution is 0.270. The van der Waals surface area contributed by atoms with Crippen LogP contribution < -0.4 is 5.32 Å². The summed E-state index contributed by atoms with van der Waals surface area (Å²) in [6.07, 6.45) is 4.82. The van der Waals surface area contributed by atoms with Crippen molar-refractivity contribution in [3.05, 3.63) is 17.5 Å². The smallest absolute Gasteiger partial charge is 0.194 e. The van der Waals surface area contributed by atoms with E-state index in [9.17, 15) is 0 Å². The Morgan fingerprint density at radius 2 is 2.04 bits per heavy atom. The van der Waals surface area contributed by atoms with Gasteiger partial charge >= 0.3 is 0 Å². The maximum absolute atomic E-state index is 4.94. The molecule has 142 valence electrons. The lowest BCUT2D eigenvalue weighted by atomic mass is 10.1. The van der Waals surface area contributed by atoms with Gasteiger partial charge < -0.3 is 15.1 Å². The van der Waals surface area contributed by atoms with Gasteiger partial charge in [-0.15, -0.1) is 0 Å². The molecular formula is C19H36N6. The van der Waals surface area contributed by atoms with Crippen LogP contribution in [0.5, 0.6) is 0 Å². The molecule has 1 heterocycles. The largest absolute Gasteiger partial charge is 0.357 e. The zero-order valence-corrected chi connectivity index (χ0v) is 17.1. The Kier molecular flexibility index (Phi) is 6.87. The van der Waals surface area contributed by atoms with E-state index in [2.05, 4.69) is 68.3 Å². The Hall–Kier alpha value is -1.56. The molecule has 0 spiro atoms. The van der Waals surface area contributed by atoms with Crippen LogP contribution in [0, 0.1) is 5.92 Å². The fourth-order valence-corrected chi connectivity index (χ4v) is 3.36. The quantitative estimate of drug-likeness (QED) is 0.578. The summed E-state index contributed by atoms with van der Waals surface area (Å²) in [5.74, 6) is 2.23. The van der Waals surface area contributed by atoms with Gasteiger partial charge in [-0.3, -0.25) is 9.67 Å². The van der Waals surface area contributed by atoms with Gasteiger partial charge in [-0.25, -0.2) is 0 Å². The fourth-order valence-electron chi connectivity index (χ4n) is 3.36. The molecule has 25 heavy (non-hydrogen) atoms. The lowest BCUT2D eigenvalue weighted by Gasteiger charge is -2.26. The Morgan fingerprint density at radius 1 is 1.36 bits per heavy atom. The first-order valence-corrected chi connectivity index (χ1v) is 9.51. The molecule has 0 amide bonds. The van der Waals surface area contributed by atoms with Crippen LogP contribution in [0.2, 0.25) is 0 Å². The lowest BCUT2D eigenvalue weighted by Crippen LogP contribution is -2.40. The van der Waals surface area contributed by atoms with E-state index >= 15 is 0 Å². The van der Waals surface area contributed by atoms with Crippen molar-refractivity contribution in [2.24, 2.45) is 18.0 Å². The van der Waals surface area contributed by atoms with Crippen LogP contribution in [0.25, 0.3) is 0 Å². The second-order valence-corrected chi connectivity index (χ2v) is 7.79. The van der Waals surface area contributed by atoms with Crippen molar-refractivity contribution in [2.75, 3.05) is 34.2 Å². The number of aryl methyl sites for hydroxylation is 1. The molecule has 1 fully saturated rings. The highest BCUT2D eigenvalue weighted by Crippen LogP contribution is 2.34. The molecule has 1 aliphatic rings. The molecule has 1 aromatic rings. The highest BCUT2D eigenvalue weighted by Gasteiger charge is 2.32. The normalized spacial score (nSPS) is 16.6. The van der Waals surface area contributed by atoms with Crippen molar-refractivity contribution in [2.45, 2.75) is 52.1 Å². The fraction of sp³-hybridized carbons (Fsp3) is 0.789. The topological polar surface area (TPSA) is 48.7 Å². The maximum Gasteiger partial charge on any atom is 0.194 e. The van der Waals surface area contributed by atoms with Crippen molar-refractivity contribution >= 4 is 5.96 Å². The van der Waals surface area contributed by atoms with E-state index in [1.807, 2.05) is 11.7 Å². The van der Waals surface area contributed by atoms with Crippen molar-refractivity contribution < 1.29 is 0 Å². The zero-order valence-electron chi connectivity index (χ0n) is 17.1. The van der Waals surface area contributed by atoms with E-state index in [1.54, 1.807) is 0 Å². The molecule has 1 N–H and O–H groups in total. The van der Waals surface area contributed by atoms with Gasteiger partial charge in [0.05, 0.1) is 12.2 Å². The van der Waals surface area contributed by atoms with Gasteiger partial charge in [0.1, 0.15) is 0 Å². The third-order valence-corrected chi connectivity index (χ3v) is 4.85. The average molecular weight is 349 g/mol.